The molecule has 1 aromatic heterocycles. The van der Waals surface area contributed by atoms with Crippen LogP contribution in [0.5, 0.6) is 0 Å². The van der Waals surface area contributed by atoms with Crippen molar-refractivity contribution in [3.8, 4) is 0 Å². The minimum Gasteiger partial charge on any atom is -0.382 e. The van der Waals surface area contributed by atoms with Gasteiger partial charge in [-0.1, -0.05) is 11.6 Å². The second-order valence-electron chi connectivity index (χ2n) is 2.68. The number of nitrogens with one attached hydrogen (secondary N) is 1. The van der Waals surface area contributed by atoms with E-state index in [0.29, 0.717) is 5.82 Å². The first-order chi connectivity index (χ1) is 6.02. The highest BCUT2D eigenvalue weighted by molar-refractivity contribution is 6.32. The van der Waals surface area contributed by atoms with E-state index in [0.717, 1.165) is 0 Å². The fraction of sp³-hybridized carbons (Fsp3) is 0.286. The zero-order valence-corrected chi connectivity index (χ0v) is 9.35. The van der Waals surface area contributed by atoms with Crippen molar-refractivity contribution in [1.29, 1.82) is 5.41 Å². The van der Waals surface area contributed by atoms with E-state index in [1.54, 1.807) is 4.90 Å². The van der Waals surface area contributed by atoms with Gasteiger partial charge in [0.2, 0.25) is 0 Å². The first-order valence-corrected chi connectivity index (χ1v) is 3.94. The van der Waals surface area contributed by atoms with Gasteiger partial charge in [0.1, 0.15) is 17.3 Å². The summed E-state index contributed by atoms with van der Waals surface area (Å²) in [6, 6.07) is 0. The molecule has 0 aromatic carbocycles. The monoisotopic (exact) mass is 235 g/mol. The van der Waals surface area contributed by atoms with Gasteiger partial charge in [0.25, 0.3) is 0 Å². The van der Waals surface area contributed by atoms with Gasteiger partial charge in [-0.05, 0) is 0 Å². The van der Waals surface area contributed by atoms with E-state index in [1.165, 1.54) is 6.20 Å². The molecule has 0 fully saturated rings. The molecule has 0 bridgehead atoms. The Hall–Kier alpha value is -1.07. The maximum absolute atomic E-state index is 7.13. The Balaban J connectivity index is 0.00000169. The summed E-state index contributed by atoms with van der Waals surface area (Å²) in [5.74, 6) is 0.456. The van der Waals surface area contributed by atoms with E-state index >= 15 is 0 Å². The lowest BCUT2D eigenvalue weighted by atomic mass is 10.4. The van der Waals surface area contributed by atoms with Gasteiger partial charge in [0.05, 0.1) is 6.20 Å². The number of amidine groups is 1. The molecule has 1 heterocycles. The smallest absolute Gasteiger partial charge is 0.160 e. The number of halogens is 2. The van der Waals surface area contributed by atoms with Gasteiger partial charge in [-0.2, -0.15) is 0 Å². The number of rotatable bonds is 2. The van der Waals surface area contributed by atoms with Crippen molar-refractivity contribution in [2.45, 2.75) is 0 Å². The van der Waals surface area contributed by atoms with Crippen LogP contribution >= 0.6 is 24.0 Å². The molecule has 14 heavy (non-hydrogen) atoms. The summed E-state index contributed by atoms with van der Waals surface area (Å²) < 4.78 is 0. The van der Waals surface area contributed by atoms with Crippen LogP contribution in [0.15, 0.2) is 6.20 Å². The largest absolute Gasteiger partial charge is 0.382 e. The van der Waals surface area contributed by atoms with Crippen molar-refractivity contribution < 1.29 is 0 Å². The van der Waals surface area contributed by atoms with Crippen LogP contribution in [0, 0.1) is 5.41 Å². The lowest BCUT2D eigenvalue weighted by molar-refractivity contribution is 1.03. The minimum atomic E-state index is -0.178. The van der Waals surface area contributed by atoms with Crippen molar-refractivity contribution in [3.63, 3.8) is 0 Å². The third-order valence-corrected chi connectivity index (χ3v) is 1.69. The van der Waals surface area contributed by atoms with E-state index < -0.39 is 0 Å². The zero-order valence-electron chi connectivity index (χ0n) is 7.78. The number of nitrogens with two attached hydrogens (primary N) is 1. The Morgan fingerprint density at radius 3 is 2.50 bits per heavy atom. The number of nitrogen functional groups attached to an aromatic ring is 1. The van der Waals surface area contributed by atoms with Crippen LogP contribution in [-0.2, 0) is 0 Å². The normalized spacial score (nSPS) is 9.07. The van der Waals surface area contributed by atoms with Crippen LogP contribution in [0.1, 0.15) is 5.69 Å². The quantitative estimate of drug-likeness (QED) is 0.590. The highest BCUT2D eigenvalue weighted by Gasteiger charge is 2.08. The standard InChI is InChI=1S/C7H10ClN5.ClH/c1-13(2)4-3-11-5(7(9)10)6(8)12-4;/h3H,1-2H3,(H3,9,10);1H. The Morgan fingerprint density at radius 1 is 1.57 bits per heavy atom. The maximum Gasteiger partial charge on any atom is 0.160 e. The van der Waals surface area contributed by atoms with Crippen LogP contribution in [0.3, 0.4) is 0 Å². The van der Waals surface area contributed by atoms with Crippen LogP contribution < -0.4 is 10.6 Å². The molecule has 0 radical (unpaired) electrons. The third kappa shape index (κ3) is 2.71. The van der Waals surface area contributed by atoms with E-state index in [-0.39, 0.29) is 29.1 Å². The van der Waals surface area contributed by atoms with Gasteiger partial charge >= 0.3 is 0 Å². The number of nitrogens with zero attached hydrogens (tertiary/aromatic N) is 3. The lowest BCUT2D eigenvalue weighted by Crippen LogP contribution is -2.17. The fourth-order valence-corrected chi connectivity index (χ4v) is 0.991. The molecule has 0 saturated heterocycles. The van der Waals surface area contributed by atoms with Gasteiger partial charge in [-0.15, -0.1) is 12.4 Å². The van der Waals surface area contributed by atoms with Crippen molar-refractivity contribution >= 4 is 35.7 Å². The summed E-state index contributed by atoms with van der Waals surface area (Å²) in [5.41, 5.74) is 5.44. The number of aromatic nitrogens is 2. The molecule has 0 aliphatic carbocycles. The van der Waals surface area contributed by atoms with Gasteiger partial charge in [-0.3, -0.25) is 5.41 Å². The molecule has 0 saturated carbocycles. The first-order valence-electron chi connectivity index (χ1n) is 3.56. The molecule has 0 spiro atoms. The predicted molar refractivity (Wildman–Crippen MR) is 59.6 cm³/mol. The Bertz CT molecular complexity index is 339. The van der Waals surface area contributed by atoms with E-state index in [4.69, 9.17) is 22.7 Å². The van der Waals surface area contributed by atoms with Gasteiger partial charge in [0, 0.05) is 14.1 Å². The molecular formula is C7H11Cl2N5. The second kappa shape index (κ2) is 4.97. The summed E-state index contributed by atoms with van der Waals surface area (Å²) >= 11 is 5.75. The van der Waals surface area contributed by atoms with Crippen LogP contribution in [0.2, 0.25) is 5.15 Å². The molecule has 5 nitrogen and oxygen atoms in total. The van der Waals surface area contributed by atoms with Crippen LogP contribution in [0.4, 0.5) is 5.82 Å². The molecule has 3 N–H and O–H groups in total. The molecule has 0 atom stereocenters. The summed E-state index contributed by atoms with van der Waals surface area (Å²) in [7, 11) is 3.65. The highest BCUT2D eigenvalue weighted by atomic mass is 35.5. The zero-order chi connectivity index (χ0) is 10.0. The van der Waals surface area contributed by atoms with Crippen LogP contribution in [-0.4, -0.2) is 29.9 Å². The third-order valence-electron chi connectivity index (χ3n) is 1.43. The van der Waals surface area contributed by atoms with E-state index in [2.05, 4.69) is 9.97 Å². The lowest BCUT2D eigenvalue weighted by Gasteiger charge is -2.11. The van der Waals surface area contributed by atoms with E-state index in [9.17, 15) is 0 Å². The van der Waals surface area contributed by atoms with Crippen molar-refractivity contribution in [3.05, 3.63) is 17.0 Å². The molecule has 1 aromatic rings. The Kier molecular flexibility index (Phi) is 4.59. The van der Waals surface area contributed by atoms with Crippen LogP contribution in [0.25, 0.3) is 0 Å². The van der Waals surface area contributed by atoms with Gasteiger partial charge < -0.3 is 10.6 Å². The maximum atomic E-state index is 7.13. The molecular weight excluding hydrogens is 225 g/mol. The Morgan fingerprint density at radius 2 is 2.14 bits per heavy atom. The fourth-order valence-electron chi connectivity index (χ4n) is 0.754. The van der Waals surface area contributed by atoms with E-state index in [1.807, 2.05) is 14.1 Å². The highest BCUT2D eigenvalue weighted by Crippen LogP contribution is 2.14. The van der Waals surface area contributed by atoms with Gasteiger partial charge in [0.15, 0.2) is 5.15 Å². The molecule has 0 aliphatic heterocycles. The summed E-state index contributed by atoms with van der Waals surface area (Å²) in [4.78, 5) is 9.68. The average Bonchev–Trinajstić information content (AvgIpc) is 2.03. The Labute approximate surface area is 93.2 Å². The number of anilines is 1. The number of hydrogen-bond acceptors (Lipinski definition) is 4. The van der Waals surface area contributed by atoms with Crippen molar-refractivity contribution in [2.75, 3.05) is 19.0 Å². The average molecular weight is 236 g/mol. The molecule has 0 amide bonds. The first kappa shape index (κ1) is 12.9. The minimum absolute atomic E-state index is 0. The summed E-state index contributed by atoms with van der Waals surface area (Å²) in [6.07, 6.45) is 1.52. The SMILES string of the molecule is CN(C)c1cnc(C(=N)N)c(Cl)n1.Cl. The second-order valence-corrected chi connectivity index (χ2v) is 3.03. The molecule has 0 unspecified atom stereocenters. The number of hydrogen-bond donors (Lipinski definition) is 2. The van der Waals surface area contributed by atoms with Crippen molar-refractivity contribution in [1.82, 2.24) is 9.97 Å². The summed E-state index contributed by atoms with van der Waals surface area (Å²) in [6.45, 7) is 0. The molecule has 7 heteroatoms. The molecule has 78 valence electrons. The molecule has 0 aliphatic rings. The predicted octanol–water partition coefficient (Wildman–Crippen LogP) is 0.902. The topological polar surface area (TPSA) is 78.9 Å². The molecule has 1 rings (SSSR count). The summed E-state index contributed by atoms with van der Waals surface area (Å²) in [5, 5.41) is 7.28. The van der Waals surface area contributed by atoms with Gasteiger partial charge in [-0.25, -0.2) is 9.97 Å². The van der Waals surface area contributed by atoms with Crippen molar-refractivity contribution in [2.24, 2.45) is 5.73 Å².